The molecule has 0 saturated carbocycles. The van der Waals surface area contributed by atoms with Gasteiger partial charge in [-0.25, -0.2) is 0 Å². The predicted octanol–water partition coefficient (Wildman–Crippen LogP) is 1.50. The van der Waals surface area contributed by atoms with Crippen molar-refractivity contribution in [1.82, 2.24) is 15.3 Å². The number of H-pyrrole nitrogens is 1. The molecule has 0 aliphatic rings. The second-order valence-corrected chi connectivity index (χ2v) is 5.08. The van der Waals surface area contributed by atoms with Crippen LogP contribution in [0.4, 0.5) is 0 Å². The molecule has 1 amide bonds. The van der Waals surface area contributed by atoms with Gasteiger partial charge in [0.05, 0.1) is 18.3 Å². The zero-order chi connectivity index (χ0) is 16.1. The number of carbonyl (C=O) groups excluding carboxylic acids is 1. The minimum absolute atomic E-state index is 0.114. The van der Waals surface area contributed by atoms with Gasteiger partial charge in [0.1, 0.15) is 5.56 Å². The number of methoxy groups -OCH3 is 1. The Labute approximate surface area is 128 Å². The van der Waals surface area contributed by atoms with E-state index in [2.05, 4.69) is 15.3 Å². The molecule has 0 aliphatic heterocycles. The molecule has 2 heterocycles. The van der Waals surface area contributed by atoms with Crippen LogP contribution in [0.3, 0.4) is 0 Å². The number of amides is 1. The van der Waals surface area contributed by atoms with E-state index in [9.17, 15) is 9.59 Å². The quantitative estimate of drug-likeness (QED) is 0.876. The standard InChI is InChI=1S/C16H19N3O3/c1-10-8-11(2)18-15(20)14(10)16(21)19-13(9-22-3)12-6-4-5-7-17-12/h4-8,13H,9H2,1-3H3,(H,18,20)(H,19,21). The summed E-state index contributed by atoms with van der Waals surface area (Å²) in [4.78, 5) is 31.3. The van der Waals surface area contributed by atoms with Gasteiger partial charge in [-0.15, -0.1) is 0 Å². The number of nitrogens with zero attached hydrogens (tertiary/aromatic N) is 1. The lowest BCUT2D eigenvalue weighted by Crippen LogP contribution is -2.36. The van der Waals surface area contributed by atoms with Crippen LogP contribution in [0.1, 0.15) is 33.4 Å². The summed E-state index contributed by atoms with van der Waals surface area (Å²) in [5.41, 5.74) is 1.75. The number of rotatable bonds is 5. The van der Waals surface area contributed by atoms with Crippen molar-refractivity contribution in [3.8, 4) is 0 Å². The van der Waals surface area contributed by atoms with Crippen LogP contribution in [0.25, 0.3) is 0 Å². The van der Waals surface area contributed by atoms with Gasteiger partial charge in [-0.05, 0) is 37.6 Å². The van der Waals surface area contributed by atoms with Crippen LogP contribution in [0.15, 0.2) is 35.3 Å². The smallest absolute Gasteiger partial charge is 0.261 e. The molecule has 22 heavy (non-hydrogen) atoms. The third-order valence-electron chi connectivity index (χ3n) is 3.28. The Balaban J connectivity index is 2.28. The number of hydrogen-bond acceptors (Lipinski definition) is 4. The molecular formula is C16H19N3O3. The fraction of sp³-hybridized carbons (Fsp3) is 0.312. The lowest BCUT2D eigenvalue weighted by molar-refractivity contribution is 0.0892. The molecule has 2 rings (SSSR count). The summed E-state index contributed by atoms with van der Waals surface area (Å²) < 4.78 is 5.13. The van der Waals surface area contributed by atoms with E-state index >= 15 is 0 Å². The third kappa shape index (κ3) is 3.59. The number of hydrogen-bond donors (Lipinski definition) is 2. The summed E-state index contributed by atoms with van der Waals surface area (Å²) in [7, 11) is 1.55. The number of carbonyl (C=O) groups is 1. The van der Waals surface area contributed by atoms with Gasteiger partial charge in [0.2, 0.25) is 0 Å². The zero-order valence-electron chi connectivity index (χ0n) is 12.8. The zero-order valence-corrected chi connectivity index (χ0v) is 12.8. The molecule has 0 fully saturated rings. The minimum Gasteiger partial charge on any atom is -0.382 e. The van der Waals surface area contributed by atoms with E-state index in [-0.39, 0.29) is 12.2 Å². The first-order valence-electron chi connectivity index (χ1n) is 6.94. The van der Waals surface area contributed by atoms with Gasteiger partial charge in [-0.2, -0.15) is 0 Å². The number of aryl methyl sites for hydroxylation is 2. The Morgan fingerprint density at radius 3 is 2.77 bits per heavy atom. The van der Waals surface area contributed by atoms with Crippen molar-refractivity contribution in [2.24, 2.45) is 0 Å². The molecule has 2 N–H and O–H groups in total. The molecule has 2 aromatic rings. The highest BCUT2D eigenvalue weighted by molar-refractivity contribution is 5.95. The van der Waals surface area contributed by atoms with Crippen molar-refractivity contribution in [2.75, 3.05) is 13.7 Å². The summed E-state index contributed by atoms with van der Waals surface area (Å²) in [5, 5.41) is 2.81. The number of aromatic nitrogens is 2. The molecule has 0 spiro atoms. The molecule has 0 saturated heterocycles. The highest BCUT2D eigenvalue weighted by atomic mass is 16.5. The number of ether oxygens (including phenoxy) is 1. The van der Waals surface area contributed by atoms with Crippen LogP contribution in [-0.2, 0) is 4.74 Å². The largest absolute Gasteiger partial charge is 0.382 e. The average molecular weight is 301 g/mol. The van der Waals surface area contributed by atoms with Gasteiger partial charge < -0.3 is 15.0 Å². The van der Waals surface area contributed by atoms with Gasteiger partial charge in [-0.1, -0.05) is 6.07 Å². The monoisotopic (exact) mass is 301 g/mol. The maximum absolute atomic E-state index is 12.4. The normalized spacial score (nSPS) is 12.0. The Morgan fingerprint density at radius 2 is 2.18 bits per heavy atom. The first-order valence-corrected chi connectivity index (χ1v) is 6.94. The van der Waals surface area contributed by atoms with Crippen LogP contribution >= 0.6 is 0 Å². The summed E-state index contributed by atoms with van der Waals surface area (Å²) in [6.45, 7) is 3.78. The van der Waals surface area contributed by atoms with E-state index < -0.39 is 17.5 Å². The van der Waals surface area contributed by atoms with Gasteiger partial charge in [0.15, 0.2) is 0 Å². The SMILES string of the molecule is COCC(NC(=O)c1c(C)cc(C)[nH]c1=O)c1ccccn1. The van der Waals surface area contributed by atoms with E-state index in [1.54, 1.807) is 45.4 Å². The fourth-order valence-electron chi connectivity index (χ4n) is 2.32. The number of pyridine rings is 2. The molecule has 1 unspecified atom stereocenters. The Bertz CT molecular complexity index is 710. The molecule has 0 radical (unpaired) electrons. The first kappa shape index (κ1) is 15.9. The number of aromatic amines is 1. The van der Waals surface area contributed by atoms with Gasteiger partial charge in [0.25, 0.3) is 11.5 Å². The van der Waals surface area contributed by atoms with Crippen LogP contribution in [0.5, 0.6) is 0 Å². The maximum atomic E-state index is 12.4. The summed E-state index contributed by atoms with van der Waals surface area (Å²) in [6, 6.07) is 6.78. The van der Waals surface area contributed by atoms with Crippen molar-refractivity contribution >= 4 is 5.91 Å². The average Bonchev–Trinajstić information content (AvgIpc) is 2.46. The van der Waals surface area contributed by atoms with E-state index in [4.69, 9.17) is 4.74 Å². The maximum Gasteiger partial charge on any atom is 0.261 e. The summed E-state index contributed by atoms with van der Waals surface area (Å²) >= 11 is 0. The molecule has 6 heteroatoms. The summed E-state index contributed by atoms with van der Waals surface area (Å²) in [6.07, 6.45) is 1.65. The topological polar surface area (TPSA) is 84.1 Å². The van der Waals surface area contributed by atoms with Crippen molar-refractivity contribution in [3.05, 3.63) is 63.3 Å². The number of nitrogens with one attached hydrogen (secondary N) is 2. The van der Waals surface area contributed by atoms with Crippen molar-refractivity contribution in [1.29, 1.82) is 0 Å². The van der Waals surface area contributed by atoms with Crippen molar-refractivity contribution < 1.29 is 9.53 Å². The minimum atomic E-state index is -0.438. The Morgan fingerprint density at radius 1 is 1.41 bits per heavy atom. The lowest BCUT2D eigenvalue weighted by Gasteiger charge is -2.18. The van der Waals surface area contributed by atoms with Gasteiger partial charge >= 0.3 is 0 Å². The summed E-state index contributed by atoms with van der Waals surface area (Å²) in [5.74, 6) is -0.438. The predicted molar refractivity (Wildman–Crippen MR) is 82.9 cm³/mol. The van der Waals surface area contributed by atoms with Crippen LogP contribution in [-0.4, -0.2) is 29.6 Å². The fourth-order valence-corrected chi connectivity index (χ4v) is 2.32. The van der Waals surface area contributed by atoms with E-state index in [0.717, 1.165) is 5.69 Å². The molecule has 0 aromatic carbocycles. The highest BCUT2D eigenvalue weighted by Gasteiger charge is 2.20. The first-order chi connectivity index (χ1) is 10.5. The van der Waals surface area contributed by atoms with E-state index in [0.29, 0.717) is 11.3 Å². The molecule has 0 aliphatic carbocycles. The lowest BCUT2D eigenvalue weighted by atomic mass is 10.1. The molecule has 116 valence electrons. The second kappa shape index (κ2) is 7.00. The van der Waals surface area contributed by atoms with Crippen molar-refractivity contribution in [2.45, 2.75) is 19.9 Å². The van der Waals surface area contributed by atoms with Crippen molar-refractivity contribution in [3.63, 3.8) is 0 Å². The second-order valence-electron chi connectivity index (χ2n) is 5.08. The van der Waals surface area contributed by atoms with Gasteiger partial charge in [0, 0.05) is 19.0 Å². The highest BCUT2D eigenvalue weighted by Crippen LogP contribution is 2.12. The Kier molecular flexibility index (Phi) is 5.06. The molecular weight excluding hydrogens is 282 g/mol. The molecule has 0 bridgehead atoms. The van der Waals surface area contributed by atoms with Gasteiger partial charge in [-0.3, -0.25) is 14.6 Å². The third-order valence-corrected chi connectivity index (χ3v) is 3.28. The van der Waals surface area contributed by atoms with E-state index in [1.807, 2.05) is 6.07 Å². The van der Waals surface area contributed by atoms with Crippen LogP contribution < -0.4 is 10.9 Å². The van der Waals surface area contributed by atoms with E-state index in [1.165, 1.54) is 0 Å². The van der Waals surface area contributed by atoms with Crippen LogP contribution in [0, 0.1) is 13.8 Å². The molecule has 1 atom stereocenters. The molecule has 6 nitrogen and oxygen atoms in total. The molecule has 2 aromatic heterocycles. The Hall–Kier alpha value is -2.47. The van der Waals surface area contributed by atoms with Crippen LogP contribution in [0.2, 0.25) is 0 Å².